The van der Waals surface area contributed by atoms with Gasteiger partial charge in [-0.05, 0) is 85.7 Å². The predicted octanol–water partition coefficient (Wildman–Crippen LogP) is 3.92. The van der Waals surface area contributed by atoms with Gasteiger partial charge in [-0.2, -0.15) is 0 Å². The van der Waals surface area contributed by atoms with E-state index >= 15 is 0 Å². The van der Waals surface area contributed by atoms with E-state index in [0.717, 1.165) is 54.6 Å². The molecule has 4 rings (SSSR count). The maximum absolute atomic E-state index is 4.93. The molecule has 6 nitrogen and oxygen atoms in total. The summed E-state index contributed by atoms with van der Waals surface area (Å²) >= 11 is 1.77. The Morgan fingerprint density at radius 1 is 1.07 bits per heavy atom. The minimum absolute atomic E-state index is 0.583. The SMILES string of the molecule is Cc1nc(-c2csc(C3CCN(C)CC3)n2)nc(NCCCN2CCCC2)c1C. The van der Waals surface area contributed by atoms with Crippen molar-refractivity contribution in [2.45, 2.75) is 51.9 Å². The molecule has 0 radical (unpaired) electrons. The van der Waals surface area contributed by atoms with Crippen LogP contribution in [0.2, 0.25) is 0 Å². The van der Waals surface area contributed by atoms with E-state index in [4.69, 9.17) is 15.0 Å². The summed E-state index contributed by atoms with van der Waals surface area (Å²) in [6, 6.07) is 0. The van der Waals surface area contributed by atoms with E-state index in [1.165, 1.54) is 50.3 Å². The van der Waals surface area contributed by atoms with Crippen LogP contribution in [0.5, 0.6) is 0 Å². The number of anilines is 1. The summed E-state index contributed by atoms with van der Waals surface area (Å²) in [6.45, 7) is 11.1. The van der Waals surface area contributed by atoms with Crippen LogP contribution in [0.1, 0.15) is 54.3 Å². The van der Waals surface area contributed by atoms with Crippen LogP contribution in [0.4, 0.5) is 5.82 Å². The first-order valence-corrected chi connectivity index (χ1v) is 11.9. The number of nitrogens with one attached hydrogen (secondary N) is 1. The van der Waals surface area contributed by atoms with Gasteiger partial charge in [-0.3, -0.25) is 0 Å². The molecule has 0 atom stereocenters. The Morgan fingerprint density at radius 2 is 1.83 bits per heavy atom. The lowest BCUT2D eigenvalue weighted by Gasteiger charge is -2.27. The summed E-state index contributed by atoms with van der Waals surface area (Å²) < 4.78 is 0. The van der Waals surface area contributed by atoms with E-state index in [1.807, 2.05) is 0 Å². The van der Waals surface area contributed by atoms with Gasteiger partial charge in [-0.1, -0.05) is 0 Å². The first-order chi connectivity index (χ1) is 14.1. The fourth-order valence-electron chi connectivity index (χ4n) is 4.26. The average Bonchev–Trinajstić information content (AvgIpc) is 3.41. The van der Waals surface area contributed by atoms with Crippen LogP contribution in [0, 0.1) is 13.8 Å². The molecular weight excluding hydrogens is 380 g/mol. The van der Waals surface area contributed by atoms with Gasteiger partial charge in [0.05, 0.1) is 5.01 Å². The van der Waals surface area contributed by atoms with E-state index in [1.54, 1.807) is 11.3 Å². The number of hydrogen-bond acceptors (Lipinski definition) is 7. The number of rotatable bonds is 7. The summed E-state index contributed by atoms with van der Waals surface area (Å²) in [4.78, 5) is 19.5. The smallest absolute Gasteiger partial charge is 0.181 e. The zero-order valence-corrected chi connectivity index (χ0v) is 18.9. The number of hydrogen-bond donors (Lipinski definition) is 1. The van der Waals surface area contributed by atoms with Crippen molar-refractivity contribution >= 4 is 17.2 Å². The average molecular weight is 415 g/mol. The Bertz CT molecular complexity index is 806. The molecule has 2 aromatic rings. The van der Waals surface area contributed by atoms with Crippen molar-refractivity contribution in [2.24, 2.45) is 0 Å². The molecule has 0 bridgehead atoms. The molecule has 1 N–H and O–H groups in total. The Hall–Kier alpha value is -1.57. The zero-order chi connectivity index (χ0) is 20.2. The second-order valence-corrected chi connectivity index (χ2v) is 9.47. The molecule has 2 fully saturated rings. The molecule has 0 unspecified atom stereocenters. The first-order valence-electron chi connectivity index (χ1n) is 11.1. The Kier molecular flexibility index (Phi) is 6.77. The second kappa shape index (κ2) is 9.49. The molecule has 2 aromatic heterocycles. The summed E-state index contributed by atoms with van der Waals surface area (Å²) in [5, 5.41) is 6.93. The fraction of sp³-hybridized carbons (Fsp3) is 0.682. The van der Waals surface area contributed by atoms with E-state index in [2.05, 4.69) is 41.4 Å². The Labute approximate surface area is 178 Å². The summed E-state index contributed by atoms with van der Waals surface area (Å²) in [6.07, 6.45) is 6.25. The third kappa shape index (κ3) is 5.13. The molecule has 0 aliphatic carbocycles. The van der Waals surface area contributed by atoms with Crippen LogP contribution in [-0.4, -0.2) is 71.1 Å². The number of nitrogens with zero attached hydrogens (tertiary/aromatic N) is 5. The summed E-state index contributed by atoms with van der Waals surface area (Å²) in [7, 11) is 2.20. The van der Waals surface area contributed by atoms with Gasteiger partial charge in [0.15, 0.2) is 5.82 Å². The van der Waals surface area contributed by atoms with Crippen LogP contribution >= 0.6 is 11.3 Å². The minimum atomic E-state index is 0.583. The van der Waals surface area contributed by atoms with Gasteiger partial charge in [0.2, 0.25) is 0 Å². The van der Waals surface area contributed by atoms with Crippen molar-refractivity contribution in [1.29, 1.82) is 0 Å². The van der Waals surface area contributed by atoms with Crippen molar-refractivity contribution in [3.05, 3.63) is 21.6 Å². The maximum atomic E-state index is 4.93. The molecule has 4 heterocycles. The highest BCUT2D eigenvalue weighted by molar-refractivity contribution is 7.10. The van der Waals surface area contributed by atoms with Gasteiger partial charge in [0.1, 0.15) is 11.5 Å². The van der Waals surface area contributed by atoms with Crippen molar-refractivity contribution in [2.75, 3.05) is 51.6 Å². The Morgan fingerprint density at radius 3 is 2.59 bits per heavy atom. The predicted molar refractivity (Wildman–Crippen MR) is 121 cm³/mol. The first kappa shape index (κ1) is 20.7. The van der Waals surface area contributed by atoms with Gasteiger partial charge < -0.3 is 15.1 Å². The zero-order valence-electron chi connectivity index (χ0n) is 18.1. The Balaban J connectivity index is 1.41. The molecule has 2 aliphatic rings. The molecule has 158 valence electrons. The molecule has 0 aromatic carbocycles. The third-order valence-corrected chi connectivity index (χ3v) is 7.36. The topological polar surface area (TPSA) is 57.2 Å². The van der Waals surface area contributed by atoms with E-state index < -0.39 is 0 Å². The normalized spacial score (nSPS) is 19.1. The molecule has 29 heavy (non-hydrogen) atoms. The lowest BCUT2D eigenvalue weighted by atomic mass is 9.98. The lowest BCUT2D eigenvalue weighted by molar-refractivity contribution is 0.255. The molecule has 2 aliphatic heterocycles. The number of likely N-dealkylation sites (tertiary alicyclic amines) is 2. The molecular formula is C22H34N6S. The van der Waals surface area contributed by atoms with Gasteiger partial charge in [0, 0.05) is 29.1 Å². The standard InChI is InChI=1S/C22H34N6S/c1-16-17(2)24-21(26-20(16)23-9-6-12-28-10-4-5-11-28)19-15-29-22(25-19)18-7-13-27(3)14-8-18/h15,18H,4-14H2,1-3H3,(H,23,24,26). The summed E-state index contributed by atoms with van der Waals surface area (Å²) in [5.74, 6) is 2.30. The van der Waals surface area contributed by atoms with Gasteiger partial charge in [0.25, 0.3) is 0 Å². The maximum Gasteiger partial charge on any atom is 0.181 e. The van der Waals surface area contributed by atoms with Gasteiger partial charge in [-0.25, -0.2) is 15.0 Å². The van der Waals surface area contributed by atoms with E-state index in [0.29, 0.717) is 5.92 Å². The minimum Gasteiger partial charge on any atom is -0.370 e. The van der Waals surface area contributed by atoms with Gasteiger partial charge >= 0.3 is 0 Å². The molecule has 0 amide bonds. The number of aromatic nitrogens is 3. The third-order valence-electron chi connectivity index (χ3n) is 6.35. The van der Waals surface area contributed by atoms with Crippen molar-refractivity contribution < 1.29 is 0 Å². The van der Waals surface area contributed by atoms with Crippen LogP contribution in [0.3, 0.4) is 0 Å². The highest BCUT2D eigenvalue weighted by Gasteiger charge is 2.22. The second-order valence-electron chi connectivity index (χ2n) is 8.58. The van der Waals surface area contributed by atoms with E-state index in [9.17, 15) is 0 Å². The number of thiazole rings is 1. The highest BCUT2D eigenvalue weighted by atomic mass is 32.1. The van der Waals surface area contributed by atoms with Crippen LogP contribution in [0.15, 0.2) is 5.38 Å². The largest absolute Gasteiger partial charge is 0.370 e. The number of aryl methyl sites for hydroxylation is 1. The fourth-order valence-corrected chi connectivity index (χ4v) is 5.23. The van der Waals surface area contributed by atoms with Gasteiger partial charge in [-0.15, -0.1) is 11.3 Å². The quantitative estimate of drug-likeness (QED) is 0.693. The van der Waals surface area contributed by atoms with Crippen LogP contribution < -0.4 is 5.32 Å². The molecule has 0 saturated carbocycles. The van der Waals surface area contributed by atoms with Crippen LogP contribution in [0.25, 0.3) is 11.5 Å². The van der Waals surface area contributed by atoms with Crippen molar-refractivity contribution in [3.8, 4) is 11.5 Å². The van der Waals surface area contributed by atoms with Crippen LogP contribution in [-0.2, 0) is 0 Å². The number of piperidine rings is 1. The summed E-state index contributed by atoms with van der Waals surface area (Å²) in [5.41, 5.74) is 3.10. The monoisotopic (exact) mass is 414 g/mol. The van der Waals surface area contributed by atoms with Crippen molar-refractivity contribution in [1.82, 2.24) is 24.8 Å². The van der Waals surface area contributed by atoms with E-state index in [-0.39, 0.29) is 0 Å². The molecule has 7 heteroatoms. The molecule has 2 saturated heterocycles. The highest BCUT2D eigenvalue weighted by Crippen LogP contribution is 2.32. The molecule has 0 spiro atoms. The lowest BCUT2D eigenvalue weighted by Crippen LogP contribution is -2.29. The van der Waals surface area contributed by atoms with Crippen molar-refractivity contribution in [3.63, 3.8) is 0 Å².